The van der Waals surface area contributed by atoms with Crippen LogP contribution in [0.3, 0.4) is 0 Å². The Morgan fingerprint density at radius 2 is 1.66 bits per heavy atom. The number of aryl methyl sites for hydroxylation is 2. The van der Waals surface area contributed by atoms with E-state index in [1.807, 2.05) is 38.1 Å². The van der Waals surface area contributed by atoms with Gasteiger partial charge in [-0.3, -0.25) is 9.59 Å². The third-order valence-corrected chi connectivity index (χ3v) is 5.40. The van der Waals surface area contributed by atoms with Crippen molar-refractivity contribution in [2.75, 3.05) is 28.6 Å². The van der Waals surface area contributed by atoms with Crippen LogP contribution in [0.1, 0.15) is 45.8 Å². The van der Waals surface area contributed by atoms with Crippen molar-refractivity contribution >= 4 is 40.5 Å². The van der Waals surface area contributed by atoms with Crippen molar-refractivity contribution in [2.24, 2.45) is 0 Å². The number of amides is 2. The van der Waals surface area contributed by atoms with Gasteiger partial charge in [-0.1, -0.05) is 17.7 Å². The summed E-state index contributed by atoms with van der Waals surface area (Å²) in [6.07, 6.45) is 1.23. The lowest BCUT2D eigenvalue weighted by Gasteiger charge is -2.22. The Bertz CT molecular complexity index is 1140. The maximum absolute atomic E-state index is 13.0. The molecule has 0 aliphatic carbocycles. The average Bonchev–Trinajstić information content (AvgIpc) is 2.77. The molecule has 2 aromatic carbocycles. The van der Waals surface area contributed by atoms with Crippen LogP contribution >= 0.6 is 11.6 Å². The molecule has 0 unspecified atom stereocenters. The van der Waals surface area contributed by atoms with E-state index in [0.29, 0.717) is 16.9 Å². The van der Waals surface area contributed by atoms with E-state index in [2.05, 4.69) is 39.3 Å². The third kappa shape index (κ3) is 5.42. The molecule has 3 aromatic rings. The van der Waals surface area contributed by atoms with Crippen LogP contribution in [0.2, 0.25) is 5.15 Å². The summed E-state index contributed by atoms with van der Waals surface area (Å²) in [7, 11) is 0. The summed E-state index contributed by atoms with van der Waals surface area (Å²) in [5.74, 6) is -0.624. The zero-order valence-electron chi connectivity index (χ0n) is 18.6. The number of carbonyl (C=O) groups excluding carboxylic acids is 2. The number of rotatable bonds is 7. The fourth-order valence-electron chi connectivity index (χ4n) is 3.37. The molecule has 2 amide bonds. The second-order valence-electron chi connectivity index (χ2n) is 7.34. The molecule has 0 aliphatic heterocycles. The summed E-state index contributed by atoms with van der Waals surface area (Å²) in [6, 6.07) is 12.5. The maximum atomic E-state index is 13.0. The van der Waals surface area contributed by atoms with Gasteiger partial charge in [-0.15, -0.1) is 0 Å². The SMILES string of the molecule is CCN(CC)c1ccc(C(=O)Nc2cc(NC(=O)c3cc(Cl)ncn3)ccc2C)c(C)c1. The van der Waals surface area contributed by atoms with Crippen molar-refractivity contribution in [1.29, 1.82) is 0 Å². The second kappa shape index (κ2) is 10.2. The van der Waals surface area contributed by atoms with Crippen molar-refractivity contribution in [3.8, 4) is 0 Å². The van der Waals surface area contributed by atoms with Gasteiger partial charge in [-0.05, 0) is 69.2 Å². The standard InChI is InChI=1S/C24H26ClN5O2/c1-5-30(6-2)18-9-10-19(16(4)11-18)23(31)29-20-12-17(8-7-15(20)3)28-24(32)21-13-22(25)27-14-26-21/h7-14H,5-6H2,1-4H3,(H,28,32)(H,29,31). The Hall–Kier alpha value is -3.45. The molecule has 1 heterocycles. The molecule has 0 saturated heterocycles. The van der Waals surface area contributed by atoms with E-state index in [1.54, 1.807) is 12.1 Å². The smallest absolute Gasteiger partial charge is 0.274 e. The molecule has 166 valence electrons. The normalized spacial score (nSPS) is 10.5. The van der Waals surface area contributed by atoms with Crippen LogP contribution in [-0.2, 0) is 0 Å². The molecule has 32 heavy (non-hydrogen) atoms. The fraction of sp³-hybridized carbons (Fsp3) is 0.250. The van der Waals surface area contributed by atoms with E-state index in [9.17, 15) is 9.59 Å². The van der Waals surface area contributed by atoms with Gasteiger partial charge in [0.1, 0.15) is 17.2 Å². The lowest BCUT2D eigenvalue weighted by Crippen LogP contribution is -2.22. The summed E-state index contributed by atoms with van der Waals surface area (Å²) < 4.78 is 0. The lowest BCUT2D eigenvalue weighted by atomic mass is 10.1. The number of anilines is 3. The minimum absolute atomic E-state index is 0.153. The van der Waals surface area contributed by atoms with Crippen LogP contribution in [0.15, 0.2) is 48.8 Å². The molecule has 0 radical (unpaired) electrons. The topological polar surface area (TPSA) is 87.2 Å². The van der Waals surface area contributed by atoms with Gasteiger partial charge in [0.2, 0.25) is 0 Å². The van der Waals surface area contributed by atoms with E-state index >= 15 is 0 Å². The average molecular weight is 452 g/mol. The van der Waals surface area contributed by atoms with E-state index < -0.39 is 5.91 Å². The first-order valence-corrected chi connectivity index (χ1v) is 10.8. The van der Waals surface area contributed by atoms with Crippen LogP contribution in [0.25, 0.3) is 0 Å². The molecule has 1 aromatic heterocycles. The van der Waals surface area contributed by atoms with Gasteiger partial charge in [-0.25, -0.2) is 9.97 Å². The third-order valence-electron chi connectivity index (χ3n) is 5.19. The highest BCUT2D eigenvalue weighted by molar-refractivity contribution is 6.29. The summed E-state index contributed by atoms with van der Waals surface area (Å²) in [5, 5.41) is 5.91. The molecule has 0 aliphatic rings. The summed E-state index contributed by atoms with van der Waals surface area (Å²) in [5.41, 5.74) is 4.76. The zero-order chi connectivity index (χ0) is 23.3. The predicted octanol–water partition coefficient (Wildman–Crippen LogP) is 5.10. The summed E-state index contributed by atoms with van der Waals surface area (Å²) in [6.45, 7) is 9.83. The second-order valence-corrected chi connectivity index (χ2v) is 7.72. The minimum Gasteiger partial charge on any atom is -0.372 e. The Morgan fingerprint density at radius 1 is 0.906 bits per heavy atom. The molecule has 0 spiro atoms. The number of benzene rings is 2. The van der Waals surface area contributed by atoms with Gasteiger partial charge in [0, 0.05) is 41.8 Å². The summed E-state index contributed by atoms with van der Waals surface area (Å²) >= 11 is 5.83. The molecule has 7 nitrogen and oxygen atoms in total. The van der Waals surface area contributed by atoms with Gasteiger partial charge >= 0.3 is 0 Å². The minimum atomic E-state index is -0.418. The molecule has 0 saturated carbocycles. The Kier molecular flexibility index (Phi) is 7.43. The Morgan fingerprint density at radius 3 is 2.31 bits per heavy atom. The molecule has 2 N–H and O–H groups in total. The molecule has 0 atom stereocenters. The molecule has 0 bridgehead atoms. The molecule has 8 heteroatoms. The predicted molar refractivity (Wildman–Crippen MR) is 129 cm³/mol. The van der Waals surface area contributed by atoms with Crippen LogP contribution in [0, 0.1) is 13.8 Å². The number of carbonyl (C=O) groups is 2. The summed E-state index contributed by atoms with van der Waals surface area (Å²) in [4.78, 5) is 35.3. The number of nitrogens with zero attached hydrogens (tertiary/aromatic N) is 3. The van der Waals surface area contributed by atoms with Crippen LogP contribution < -0.4 is 15.5 Å². The van der Waals surface area contributed by atoms with E-state index in [1.165, 1.54) is 12.4 Å². The number of hydrogen-bond acceptors (Lipinski definition) is 5. The van der Waals surface area contributed by atoms with Gasteiger partial charge < -0.3 is 15.5 Å². The number of hydrogen-bond donors (Lipinski definition) is 2. The molecule has 0 fully saturated rings. The molecular weight excluding hydrogens is 426 g/mol. The van der Waals surface area contributed by atoms with Crippen molar-refractivity contribution < 1.29 is 9.59 Å². The van der Waals surface area contributed by atoms with Crippen LogP contribution in [0.4, 0.5) is 17.1 Å². The maximum Gasteiger partial charge on any atom is 0.274 e. The first-order chi connectivity index (χ1) is 15.3. The van der Waals surface area contributed by atoms with Gasteiger partial charge in [0.15, 0.2) is 0 Å². The lowest BCUT2D eigenvalue weighted by molar-refractivity contribution is 0.101. The number of aromatic nitrogens is 2. The number of halogens is 1. The highest BCUT2D eigenvalue weighted by Gasteiger charge is 2.14. The monoisotopic (exact) mass is 451 g/mol. The Balaban J connectivity index is 1.77. The van der Waals surface area contributed by atoms with Crippen molar-refractivity contribution in [3.05, 3.63) is 76.3 Å². The zero-order valence-corrected chi connectivity index (χ0v) is 19.3. The first-order valence-electron chi connectivity index (χ1n) is 10.4. The van der Waals surface area contributed by atoms with Gasteiger partial charge in [0.05, 0.1) is 0 Å². The Labute approximate surface area is 192 Å². The number of nitrogens with one attached hydrogen (secondary N) is 2. The van der Waals surface area contributed by atoms with E-state index in [0.717, 1.165) is 29.9 Å². The highest BCUT2D eigenvalue weighted by Crippen LogP contribution is 2.24. The highest BCUT2D eigenvalue weighted by atomic mass is 35.5. The van der Waals surface area contributed by atoms with Gasteiger partial charge in [0.25, 0.3) is 11.8 Å². The van der Waals surface area contributed by atoms with Crippen LogP contribution in [0.5, 0.6) is 0 Å². The largest absolute Gasteiger partial charge is 0.372 e. The molecule has 3 rings (SSSR count). The first kappa shape index (κ1) is 23.2. The molecular formula is C24H26ClN5O2. The van der Waals surface area contributed by atoms with E-state index in [-0.39, 0.29) is 16.8 Å². The van der Waals surface area contributed by atoms with Gasteiger partial charge in [-0.2, -0.15) is 0 Å². The quantitative estimate of drug-likeness (QED) is 0.488. The van der Waals surface area contributed by atoms with Crippen molar-refractivity contribution in [3.63, 3.8) is 0 Å². The van der Waals surface area contributed by atoms with E-state index in [4.69, 9.17) is 11.6 Å². The van der Waals surface area contributed by atoms with Crippen molar-refractivity contribution in [1.82, 2.24) is 9.97 Å². The van der Waals surface area contributed by atoms with Crippen molar-refractivity contribution in [2.45, 2.75) is 27.7 Å². The fourth-order valence-corrected chi connectivity index (χ4v) is 3.51. The van der Waals surface area contributed by atoms with Crippen LogP contribution in [-0.4, -0.2) is 34.9 Å².